The van der Waals surface area contributed by atoms with E-state index in [0.717, 1.165) is 20.8 Å². The Morgan fingerprint density at radius 2 is 1.70 bits per heavy atom. The van der Waals surface area contributed by atoms with Crippen LogP contribution >= 0.6 is 0 Å². The molecular weight excluding hydrogens is 314 g/mol. The van der Waals surface area contributed by atoms with Gasteiger partial charge >= 0.3 is 17.9 Å². The molecule has 0 bridgehead atoms. The third kappa shape index (κ3) is 5.40. The van der Waals surface area contributed by atoms with Crippen LogP contribution in [-0.2, 0) is 33.3 Å². The van der Waals surface area contributed by atoms with E-state index >= 15 is 0 Å². The lowest BCUT2D eigenvalue weighted by Gasteiger charge is -2.41. The van der Waals surface area contributed by atoms with Gasteiger partial charge in [-0.3, -0.25) is 14.4 Å². The summed E-state index contributed by atoms with van der Waals surface area (Å²) in [5.41, 5.74) is 8.57. The lowest BCUT2D eigenvalue weighted by molar-refractivity contribution is -0.260. The molecule has 0 aromatic carbocycles. The summed E-state index contributed by atoms with van der Waals surface area (Å²) in [7, 11) is 0. The molecule has 128 valence electrons. The number of nitrogens with zero attached hydrogens (tertiary/aromatic N) is 3. The molecule has 1 aliphatic rings. The fourth-order valence-corrected chi connectivity index (χ4v) is 2.08. The van der Waals surface area contributed by atoms with Gasteiger partial charge in [0.25, 0.3) is 0 Å². The number of azide groups is 1. The third-order valence-corrected chi connectivity index (χ3v) is 2.87. The van der Waals surface area contributed by atoms with Crippen LogP contribution in [0.4, 0.5) is 0 Å². The molecule has 0 amide bonds. The highest BCUT2D eigenvalue weighted by molar-refractivity contribution is 5.67. The average molecular weight is 331 g/mol. The molecule has 1 fully saturated rings. The van der Waals surface area contributed by atoms with Crippen molar-refractivity contribution in [3.63, 3.8) is 0 Å². The van der Waals surface area contributed by atoms with E-state index in [1.54, 1.807) is 0 Å². The summed E-state index contributed by atoms with van der Waals surface area (Å²) in [5.74, 6) is -2.09. The van der Waals surface area contributed by atoms with Gasteiger partial charge in [0, 0.05) is 25.7 Å². The lowest BCUT2D eigenvalue weighted by Crippen LogP contribution is -2.60. The van der Waals surface area contributed by atoms with Gasteiger partial charge in [-0.15, -0.1) is 0 Å². The summed E-state index contributed by atoms with van der Waals surface area (Å²) in [6, 6.07) is -1.33. The Hall–Kier alpha value is -2.36. The van der Waals surface area contributed by atoms with E-state index in [9.17, 15) is 19.5 Å². The maximum Gasteiger partial charge on any atom is 0.303 e. The zero-order chi connectivity index (χ0) is 17.6. The first-order valence-corrected chi connectivity index (χ1v) is 6.61. The molecule has 1 aliphatic heterocycles. The fourth-order valence-electron chi connectivity index (χ4n) is 2.08. The zero-order valence-electron chi connectivity index (χ0n) is 12.7. The molecule has 0 radical (unpaired) electrons. The van der Waals surface area contributed by atoms with Gasteiger partial charge in [-0.2, -0.15) is 0 Å². The van der Waals surface area contributed by atoms with E-state index < -0.39 is 48.6 Å². The number of hydrogen-bond acceptors (Lipinski definition) is 9. The van der Waals surface area contributed by atoms with Crippen LogP contribution in [-0.4, -0.2) is 60.3 Å². The molecule has 3 unspecified atom stereocenters. The molecule has 0 saturated carbocycles. The van der Waals surface area contributed by atoms with E-state index in [0.29, 0.717) is 0 Å². The second kappa shape index (κ2) is 8.32. The number of aliphatic hydroxyl groups excluding tert-OH is 1. The third-order valence-electron chi connectivity index (χ3n) is 2.87. The summed E-state index contributed by atoms with van der Waals surface area (Å²) in [6.07, 6.45) is -5.26. The lowest BCUT2D eigenvalue weighted by atomic mass is 9.97. The predicted molar refractivity (Wildman–Crippen MR) is 71.6 cm³/mol. The number of carbonyl (C=O) groups is 3. The molecule has 0 aromatic heterocycles. The molecule has 23 heavy (non-hydrogen) atoms. The number of rotatable bonds is 5. The van der Waals surface area contributed by atoms with Gasteiger partial charge in [-0.25, -0.2) is 0 Å². The Bertz CT molecular complexity index is 518. The standard InChI is InChI=1S/C12H17N3O8/c1-5(16)20-4-8-10(21-6(2)17)11(22-7(3)18)9(14-15-13)12(19)23-8/h8-12,19H,4H2,1-3H3/t8?,9?,10-,11?,12+/m0/s1. The van der Waals surface area contributed by atoms with E-state index in [1.165, 1.54) is 0 Å². The molecule has 1 N–H and O–H groups in total. The second-order valence-electron chi connectivity index (χ2n) is 4.71. The highest BCUT2D eigenvalue weighted by Crippen LogP contribution is 2.28. The van der Waals surface area contributed by atoms with Crippen molar-refractivity contribution in [2.24, 2.45) is 5.11 Å². The number of ether oxygens (including phenoxy) is 4. The second-order valence-corrected chi connectivity index (χ2v) is 4.71. The molecule has 11 nitrogen and oxygen atoms in total. The van der Waals surface area contributed by atoms with Crippen molar-refractivity contribution in [1.82, 2.24) is 0 Å². The Kier molecular flexibility index (Phi) is 6.76. The maximum absolute atomic E-state index is 11.3. The van der Waals surface area contributed by atoms with Crippen molar-refractivity contribution >= 4 is 17.9 Å². The fraction of sp³-hybridized carbons (Fsp3) is 0.750. The van der Waals surface area contributed by atoms with E-state index in [2.05, 4.69) is 10.0 Å². The maximum atomic E-state index is 11.3. The molecule has 11 heteroatoms. The average Bonchev–Trinajstić information content (AvgIpc) is 2.42. The molecule has 5 atom stereocenters. The summed E-state index contributed by atoms with van der Waals surface area (Å²) in [5, 5.41) is 13.2. The number of hydrogen-bond donors (Lipinski definition) is 1. The van der Waals surface area contributed by atoms with Gasteiger partial charge in [-0.1, -0.05) is 5.11 Å². The topological polar surface area (TPSA) is 157 Å². The van der Waals surface area contributed by atoms with Crippen LogP contribution in [0.25, 0.3) is 10.4 Å². The van der Waals surface area contributed by atoms with E-state index in [-0.39, 0.29) is 6.61 Å². The van der Waals surface area contributed by atoms with Gasteiger partial charge in [-0.05, 0) is 5.53 Å². The van der Waals surface area contributed by atoms with E-state index in [4.69, 9.17) is 24.5 Å². The molecule has 1 rings (SSSR count). The van der Waals surface area contributed by atoms with Crippen molar-refractivity contribution in [3.8, 4) is 0 Å². The monoisotopic (exact) mass is 331 g/mol. The number of carbonyl (C=O) groups excluding carboxylic acids is 3. The van der Waals surface area contributed by atoms with Crippen molar-refractivity contribution in [1.29, 1.82) is 0 Å². The van der Waals surface area contributed by atoms with Gasteiger partial charge in [0.1, 0.15) is 18.8 Å². The van der Waals surface area contributed by atoms with Crippen LogP contribution in [0.15, 0.2) is 5.11 Å². The molecular formula is C12H17N3O8. The number of aliphatic hydroxyl groups is 1. The highest BCUT2D eigenvalue weighted by atomic mass is 16.7. The normalized spacial score (nSPS) is 29.8. The number of esters is 3. The summed E-state index contributed by atoms with van der Waals surface area (Å²) in [4.78, 5) is 36.0. The Balaban J connectivity index is 3.11. The molecule has 1 heterocycles. The van der Waals surface area contributed by atoms with Gasteiger partial charge in [0.2, 0.25) is 0 Å². The molecule has 0 spiro atoms. The Morgan fingerprint density at radius 1 is 1.13 bits per heavy atom. The summed E-state index contributed by atoms with van der Waals surface area (Å²) < 4.78 is 20.0. The SMILES string of the molecule is CC(=O)OCC1O[C@@H](O)C(N=[N+]=[N-])C(OC(C)=O)[C@H]1OC(C)=O. The zero-order valence-corrected chi connectivity index (χ0v) is 12.7. The van der Waals surface area contributed by atoms with Gasteiger partial charge < -0.3 is 24.1 Å². The first-order valence-electron chi connectivity index (χ1n) is 6.61. The summed E-state index contributed by atoms with van der Waals surface area (Å²) in [6.45, 7) is 3.01. The van der Waals surface area contributed by atoms with Gasteiger partial charge in [0.05, 0.1) is 0 Å². The molecule has 1 saturated heterocycles. The molecule has 0 aromatic rings. The van der Waals surface area contributed by atoms with Crippen molar-refractivity contribution in [2.75, 3.05) is 6.61 Å². The Labute approximate surface area is 131 Å². The minimum absolute atomic E-state index is 0.356. The van der Waals surface area contributed by atoms with Crippen molar-refractivity contribution in [3.05, 3.63) is 10.4 Å². The van der Waals surface area contributed by atoms with Crippen LogP contribution < -0.4 is 0 Å². The quantitative estimate of drug-likeness (QED) is 0.239. The highest BCUT2D eigenvalue weighted by Gasteiger charge is 2.49. The van der Waals surface area contributed by atoms with Crippen LogP contribution in [0, 0.1) is 0 Å². The van der Waals surface area contributed by atoms with Gasteiger partial charge in [0.15, 0.2) is 18.5 Å². The Morgan fingerprint density at radius 3 is 2.17 bits per heavy atom. The van der Waals surface area contributed by atoms with Crippen molar-refractivity contribution < 1.29 is 38.4 Å². The van der Waals surface area contributed by atoms with Crippen LogP contribution in [0.3, 0.4) is 0 Å². The van der Waals surface area contributed by atoms with Crippen LogP contribution in [0.1, 0.15) is 20.8 Å². The largest absolute Gasteiger partial charge is 0.463 e. The predicted octanol–water partition coefficient (Wildman–Crippen LogP) is -0.191. The summed E-state index contributed by atoms with van der Waals surface area (Å²) >= 11 is 0. The van der Waals surface area contributed by atoms with Crippen LogP contribution in [0.5, 0.6) is 0 Å². The first-order chi connectivity index (χ1) is 10.8. The minimum atomic E-state index is -1.64. The van der Waals surface area contributed by atoms with E-state index in [1.807, 2.05) is 0 Å². The smallest absolute Gasteiger partial charge is 0.303 e. The first kappa shape index (κ1) is 18.7. The van der Waals surface area contributed by atoms with Crippen LogP contribution in [0.2, 0.25) is 0 Å². The van der Waals surface area contributed by atoms with Crippen molar-refractivity contribution in [2.45, 2.75) is 51.4 Å². The minimum Gasteiger partial charge on any atom is -0.463 e. The molecule has 0 aliphatic carbocycles.